The van der Waals surface area contributed by atoms with Gasteiger partial charge in [-0.15, -0.1) is 0 Å². The summed E-state index contributed by atoms with van der Waals surface area (Å²) in [6.45, 7) is 9.54. The number of carbonyl (C=O) groups excluding carboxylic acids is 1. The lowest BCUT2D eigenvalue weighted by molar-refractivity contribution is -0.305. The number of benzene rings is 3. The first kappa shape index (κ1) is 26.1. The van der Waals surface area contributed by atoms with Crippen molar-refractivity contribution >= 4 is 16.9 Å². The van der Waals surface area contributed by atoms with Gasteiger partial charge in [-0.05, 0) is 100.0 Å². The van der Waals surface area contributed by atoms with E-state index < -0.39 is 5.97 Å². The maximum Gasteiger partial charge on any atom is 0.166 e. The van der Waals surface area contributed by atoms with Gasteiger partial charge in [0.1, 0.15) is 17.2 Å². The monoisotopic (exact) mass is 468 g/mol. The van der Waals surface area contributed by atoms with E-state index in [1.807, 2.05) is 57.2 Å². The Balaban J connectivity index is 0.000000696. The molecule has 3 rings (SSSR count). The van der Waals surface area contributed by atoms with Crippen LogP contribution in [0.1, 0.15) is 34.1 Å². The molecule has 0 N–H and O–H groups in total. The number of hydrogen-bond donors (Lipinski definition) is 0. The first-order chi connectivity index (χ1) is 16.0. The smallest absolute Gasteiger partial charge is 0.166 e. The molecule has 0 fully saturated rings. The molecule has 6 heteroatoms. The van der Waals surface area contributed by atoms with Crippen LogP contribution in [0.4, 0.5) is 0 Å². The molecule has 0 aliphatic rings. The van der Waals surface area contributed by atoms with Crippen LogP contribution < -0.4 is 19.3 Å². The fourth-order valence-electron chi connectivity index (χ4n) is 2.92. The molecule has 0 aromatic heterocycles. The van der Waals surface area contributed by atoms with E-state index in [1.165, 1.54) is 21.6 Å². The molecular formula is C27H32O5S. The molecule has 33 heavy (non-hydrogen) atoms. The van der Waals surface area contributed by atoms with Crippen molar-refractivity contribution in [2.75, 3.05) is 19.8 Å². The van der Waals surface area contributed by atoms with Gasteiger partial charge < -0.3 is 24.1 Å². The van der Waals surface area contributed by atoms with Crippen molar-refractivity contribution in [2.24, 2.45) is 0 Å². The summed E-state index contributed by atoms with van der Waals surface area (Å²) in [5, 5.41) is 9.26. The van der Waals surface area contributed by atoms with Gasteiger partial charge in [0.15, 0.2) is 14.7 Å². The van der Waals surface area contributed by atoms with E-state index in [9.17, 15) is 9.90 Å². The molecule has 0 heterocycles. The van der Waals surface area contributed by atoms with Crippen molar-refractivity contribution < 1.29 is 24.1 Å². The van der Waals surface area contributed by atoms with E-state index >= 15 is 0 Å². The van der Waals surface area contributed by atoms with Crippen molar-refractivity contribution in [3.05, 3.63) is 72.8 Å². The van der Waals surface area contributed by atoms with E-state index in [-0.39, 0.29) is 17.3 Å². The highest BCUT2D eigenvalue weighted by Gasteiger charge is 2.29. The maximum atomic E-state index is 9.26. The number of rotatable bonds is 10. The van der Waals surface area contributed by atoms with Crippen LogP contribution in [0.5, 0.6) is 17.2 Å². The van der Waals surface area contributed by atoms with Crippen molar-refractivity contribution in [1.29, 1.82) is 0 Å². The Morgan fingerprint density at radius 2 is 0.848 bits per heavy atom. The molecule has 0 unspecified atom stereocenters. The number of aliphatic carboxylic acids is 1. The minimum atomic E-state index is -0.995. The van der Waals surface area contributed by atoms with E-state index in [4.69, 9.17) is 14.2 Å². The third kappa shape index (κ3) is 8.39. The molecule has 0 bridgehead atoms. The predicted molar refractivity (Wildman–Crippen MR) is 130 cm³/mol. The Labute approximate surface area is 199 Å². The zero-order valence-corrected chi connectivity index (χ0v) is 20.5. The third-order valence-electron chi connectivity index (χ3n) is 4.40. The number of carbonyl (C=O) groups is 1. The molecule has 0 amide bonds. The van der Waals surface area contributed by atoms with Crippen LogP contribution in [0.2, 0.25) is 0 Å². The molecule has 3 aromatic rings. The van der Waals surface area contributed by atoms with Gasteiger partial charge in [-0.1, -0.05) is 6.92 Å². The van der Waals surface area contributed by atoms with Gasteiger partial charge in [0.2, 0.25) is 0 Å². The normalized spacial score (nSPS) is 10.2. The molecule has 3 aromatic carbocycles. The van der Waals surface area contributed by atoms with Crippen molar-refractivity contribution in [1.82, 2.24) is 0 Å². The first-order valence-electron chi connectivity index (χ1n) is 11.1. The summed E-state index contributed by atoms with van der Waals surface area (Å²) in [5.74, 6) is 1.69. The fraction of sp³-hybridized carbons (Fsp3) is 0.296. The molecule has 0 aliphatic carbocycles. The van der Waals surface area contributed by atoms with Crippen LogP contribution in [-0.4, -0.2) is 25.8 Å². The minimum Gasteiger partial charge on any atom is -0.550 e. The molecule has 0 aliphatic heterocycles. The lowest BCUT2D eigenvalue weighted by Gasteiger charge is -2.11. The van der Waals surface area contributed by atoms with Crippen molar-refractivity contribution in [3.8, 4) is 17.2 Å². The molecule has 0 saturated heterocycles. The number of carboxylic acids is 1. The SMILES string of the molecule is CCC(=O)[O-].CCOc1ccc([S+](c2ccc(OCC)cc2)c2ccc(OCC)cc2)cc1. The van der Waals surface area contributed by atoms with Gasteiger partial charge in [-0.3, -0.25) is 0 Å². The molecule has 0 atom stereocenters. The van der Waals surface area contributed by atoms with Crippen LogP contribution in [0.25, 0.3) is 0 Å². The van der Waals surface area contributed by atoms with Crippen LogP contribution in [0.3, 0.4) is 0 Å². The highest BCUT2D eigenvalue weighted by molar-refractivity contribution is 7.97. The molecule has 5 nitrogen and oxygen atoms in total. The van der Waals surface area contributed by atoms with E-state index in [0.29, 0.717) is 19.8 Å². The summed E-state index contributed by atoms with van der Waals surface area (Å²) in [4.78, 5) is 13.0. The summed E-state index contributed by atoms with van der Waals surface area (Å²) in [7, 11) is -0.218. The largest absolute Gasteiger partial charge is 0.550 e. The predicted octanol–water partition coefficient (Wildman–Crippen LogP) is 5.12. The van der Waals surface area contributed by atoms with Gasteiger partial charge >= 0.3 is 0 Å². The first-order valence-corrected chi connectivity index (χ1v) is 12.4. The second kappa shape index (κ2) is 14.1. The van der Waals surface area contributed by atoms with Gasteiger partial charge in [0.25, 0.3) is 0 Å². The number of hydrogen-bond acceptors (Lipinski definition) is 5. The Morgan fingerprint density at radius 1 is 0.606 bits per heavy atom. The average molecular weight is 469 g/mol. The summed E-state index contributed by atoms with van der Waals surface area (Å²) in [5.41, 5.74) is 0. The minimum absolute atomic E-state index is 0.111. The standard InChI is InChI=1S/C24H27O3S.C3H6O2/c1-4-25-19-7-13-22(14-8-19)28(23-15-9-20(10-16-23)26-5-2)24-17-11-21(12-18-24)27-6-3;1-2-3(4)5/h7-18H,4-6H2,1-3H3;2H2,1H3,(H,4,5)/q+1;/p-1. The van der Waals surface area contributed by atoms with E-state index in [0.717, 1.165) is 17.2 Å². The molecule has 176 valence electrons. The van der Waals surface area contributed by atoms with Crippen molar-refractivity contribution in [2.45, 2.75) is 48.8 Å². The highest BCUT2D eigenvalue weighted by atomic mass is 32.2. The molecule has 0 saturated carbocycles. The quantitative estimate of drug-likeness (QED) is 0.386. The lowest BCUT2D eigenvalue weighted by Crippen LogP contribution is -2.19. The topological polar surface area (TPSA) is 67.8 Å². The second-order valence-corrected chi connectivity index (χ2v) is 8.77. The number of carboxylic acid groups (broad SMARTS) is 1. The van der Waals surface area contributed by atoms with Crippen LogP contribution in [-0.2, 0) is 15.7 Å². The Hall–Kier alpha value is -3.12. The summed E-state index contributed by atoms with van der Waals surface area (Å²) < 4.78 is 16.8. The van der Waals surface area contributed by atoms with Crippen molar-refractivity contribution in [3.63, 3.8) is 0 Å². The van der Waals surface area contributed by atoms with Gasteiger partial charge in [-0.2, -0.15) is 0 Å². The average Bonchev–Trinajstić information content (AvgIpc) is 2.83. The third-order valence-corrected chi connectivity index (χ3v) is 6.63. The molecule has 0 radical (unpaired) electrons. The highest BCUT2D eigenvalue weighted by Crippen LogP contribution is 2.34. The Kier molecular flexibility index (Phi) is 11.2. The van der Waals surface area contributed by atoms with Crippen LogP contribution in [0.15, 0.2) is 87.5 Å². The zero-order chi connectivity index (χ0) is 24.1. The zero-order valence-electron chi connectivity index (χ0n) is 19.7. The Morgan fingerprint density at radius 3 is 1.03 bits per heavy atom. The van der Waals surface area contributed by atoms with Crippen LogP contribution >= 0.6 is 0 Å². The van der Waals surface area contributed by atoms with Gasteiger partial charge in [-0.25, -0.2) is 0 Å². The summed E-state index contributed by atoms with van der Waals surface area (Å²) in [6.07, 6.45) is 0.111. The molecular weight excluding hydrogens is 436 g/mol. The fourth-order valence-corrected chi connectivity index (χ4v) is 4.97. The van der Waals surface area contributed by atoms with E-state index in [2.05, 4.69) is 36.4 Å². The summed E-state index contributed by atoms with van der Waals surface area (Å²) in [6, 6.07) is 25.2. The maximum absolute atomic E-state index is 9.26. The van der Waals surface area contributed by atoms with Gasteiger partial charge in [0.05, 0.1) is 30.7 Å². The van der Waals surface area contributed by atoms with E-state index in [1.54, 1.807) is 0 Å². The number of ether oxygens (including phenoxy) is 3. The van der Waals surface area contributed by atoms with Crippen LogP contribution in [0, 0.1) is 0 Å². The molecule has 0 spiro atoms. The Bertz CT molecular complexity index is 836. The second-order valence-electron chi connectivity index (χ2n) is 6.74. The van der Waals surface area contributed by atoms with Gasteiger partial charge in [0, 0.05) is 5.97 Å². The summed E-state index contributed by atoms with van der Waals surface area (Å²) >= 11 is 0. The lowest BCUT2D eigenvalue weighted by atomic mass is 10.3.